The number of guanidine groups is 1. The Kier molecular flexibility index (Phi) is 7.24. The summed E-state index contributed by atoms with van der Waals surface area (Å²) < 4.78 is 10.8. The molecule has 0 radical (unpaired) electrons. The van der Waals surface area contributed by atoms with Crippen molar-refractivity contribution < 1.29 is 14.4 Å². The highest BCUT2D eigenvalue weighted by molar-refractivity contribution is 6.30. The fourth-order valence-corrected chi connectivity index (χ4v) is 3.23. The molecule has 9 heteroatoms. The van der Waals surface area contributed by atoms with E-state index in [1.165, 1.54) is 0 Å². The molecule has 1 saturated heterocycles. The smallest absolute Gasteiger partial charge is 0.248 e. The molecule has 3 N–H and O–H groups in total. The van der Waals surface area contributed by atoms with E-state index in [0.29, 0.717) is 42.3 Å². The largest absolute Gasteiger partial charge is 0.396 e. The van der Waals surface area contributed by atoms with Gasteiger partial charge in [0.15, 0.2) is 5.96 Å². The number of nitrogens with one attached hydrogen (secondary N) is 2. The molecule has 0 amide bonds. The molecule has 3 rings (SSSR count). The minimum Gasteiger partial charge on any atom is -0.396 e. The van der Waals surface area contributed by atoms with Crippen molar-refractivity contribution in [2.24, 2.45) is 10.4 Å². The average molecular weight is 408 g/mol. The van der Waals surface area contributed by atoms with Crippen LogP contribution in [-0.2, 0) is 11.3 Å². The Morgan fingerprint density at radius 1 is 1.32 bits per heavy atom. The Morgan fingerprint density at radius 2 is 2.14 bits per heavy atom. The molecule has 28 heavy (non-hydrogen) atoms. The van der Waals surface area contributed by atoms with E-state index in [4.69, 9.17) is 20.9 Å². The molecule has 1 aliphatic rings. The molecule has 2 heterocycles. The van der Waals surface area contributed by atoms with Gasteiger partial charge in [-0.15, -0.1) is 0 Å². The Hall–Kier alpha value is -2.16. The summed E-state index contributed by atoms with van der Waals surface area (Å²) >= 11 is 5.91. The van der Waals surface area contributed by atoms with Crippen molar-refractivity contribution in [2.45, 2.75) is 26.3 Å². The maximum Gasteiger partial charge on any atom is 0.248 e. The van der Waals surface area contributed by atoms with E-state index in [0.717, 1.165) is 25.1 Å². The topological polar surface area (TPSA) is 105 Å². The van der Waals surface area contributed by atoms with Crippen molar-refractivity contribution >= 4 is 17.6 Å². The van der Waals surface area contributed by atoms with Crippen LogP contribution in [-0.4, -0.2) is 54.1 Å². The maximum absolute atomic E-state index is 9.36. The summed E-state index contributed by atoms with van der Waals surface area (Å²) in [6, 6.07) is 7.26. The van der Waals surface area contributed by atoms with Crippen LogP contribution in [0.3, 0.4) is 0 Å². The predicted octanol–water partition coefficient (Wildman–Crippen LogP) is 2.23. The quantitative estimate of drug-likeness (QED) is 0.455. The van der Waals surface area contributed by atoms with Gasteiger partial charge in [0.05, 0.1) is 6.61 Å². The van der Waals surface area contributed by atoms with Crippen LogP contribution < -0.4 is 10.6 Å². The third-order valence-electron chi connectivity index (χ3n) is 4.75. The van der Waals surface area contributed by atoms with Crippen LogP contribution in [0.5, 0.6) is 0 Å². The Morgan fingerprint density at radius 3 is 2.82 bits per heavy atom. The molecule has 0 saturated carbocycles. The molecular formula is C19H26ClN5O3. The summed E-state index contributed by atoms with van der Waals surface area (Å²) in [6.07, 6.45) is 1.63. The van der Waals surface area contributed by atoms with Crippen molar-refractivity contribution in [1.82, 2.24) is 20.8 Å². The molecule has 1 aromatic carbocycles. The standard InChI is InChI=1S/C19H26ClN5O3/c1-2-21-18(23-12-19(7-9-26)8-10-27-13-19)22-11-16-24-17(25-28-16)14-3-5-15(20)6-4-14/h3-6,26H,2,7-13H2,1H3,(H2,21,22,23). The highest BCUT2D eigenvalue weighted by atomic mass is 35.5. The van der Waals surface area contributed by atoms with Gasteiger partial charge in [0.25, 0.3) is 0 Å². The van der Waals surface area contributed by atoms with Crippen LogP contribution in [0, 0.1) is 5.41 Å². The molecule has 2 aromatic rings. The number of benzene rings is 1. The molecule has 0 bridgehead atoms. The molecule has 152 valence electrons. The maximum atomic E-state index is 9.36. The number of aliphatic hydroxyl groups excluding tert-OH is 1. The van der Waals surface area contributed by atoms with E-state index in [1.807, 2.05) is 19.1 Å². The first kappa shape index (κ1) is 20.6. The monoisotopic (exact) mass is 407 g/mol. The lowest BCUT2D eigenvalue weighted by atomic mass is 9.84. The number of aliphatic hydroxyl groups is 1. The van der Waals surface area contributed by atoms with E-state index in [1.54, 1.807) is 12.1 Å². The number of rotatable bonds is 8. The Labute approximate surface area is 169 Å². The van der Waals surface area contributed by atoms with Crippen molar-refractivity contribution in [2.75, 3.05) is 32.9 Å². The first-order valence-electron chi connectivity index (χ1n) is 9.43. The van der Waals surface area contributed by atoms with E-state index < -0.39 is 0 Å². The normalized spacial score (nSPS) is 19.8. The molecule has 8 nitrogen and oxygen atoms in total. The fourth-order valence-electron chi connectivity index (χ4n) is 3.11. The predicted molar refractivity (Wildman–Crippen MR) is 107 cm³/mol. The SMILES string of the molecule is CCNC(=NCc1nc(-c2ccc(Cl)cc2)no1)NCC1(CCO)CCOC1. The minimum atomic E-state index is -0.0584. The number of aliphatic imine (C=N–C) groups is 1. The summed E-state index contributed by atoms with van der Waals surface area (Å²) in [4.78, 5) is 8.92. The summed E-state index contributed by atoms with van der Waals surface area (Å²) in [5, 5.41) is 20.6. The van der Waals surface area contributed by atoms with Crippen molar-refractivity contribution in [1.29, 1.82) is 0 Å². The molecule has 0 aliphatic carbocycles. The molecule has 1 unspecified atom stereocenters. The van der Waals surface area contributed by atoms with Crippen LogP contribution in [0.2, 0.25) is 5.02 Å². The lowest BCUT2D eigenvalue weighted by Crippen LogP contribution is -2.44. The molecular weight excluding hydrogens is 382 g/mol. The zero-order valence-electron chi connectivity index (χ0n) is 15.9. The van der Waals surface area contributed by atoms with E-state index in [2.05, 4.69) is 25.8 Å². The van der Waals surface area contributed by atoms with Gasteiger partial charge in [-0.3, -0.25) is 0 Å². The van der Waals surface area contributed by atoms with Crippen LogP contribution in [0.25, 0.3) is 11.4 Å². The second-order valence-corrected chi connectivity index (χ2v) is 7.28. The van der Waals surface area contributed by atoms with Crippen LogP contribution in [0.1, 0.15) is 25.7 Å². The second kappa shape index (κ2) is 9.86. The van der Waals surface area contributed by atoms with Crippen LogP contribution in [0.4, 0.5) is 0 Å². The van der Waals surface area contributed by atoms with E-state index >= 15 is 0 Å². The van der Waals surface area contributed by atoms with Gasteiger partial charge in [-0.1, -0.05) is 16.8 Å². The lowest BCUT2D eigenvalue weighted by Gasteiger charge is -2.27. The van der Waals surface area contributed by atoms with Gasteiger partial charge in [-0.05, 0) is 44.0 Å². The number of aromatic nitrogens is 2. The highest BCUT2D eigenvalue weighted by Crippen LogP contribution is 2.31. The average Bonchev–Trinajstić information content (AvgIpc) is 3.35. The van der Waals surface area contributed by atoms with Crippen molar-refractivity contribution in [3.05, 3.63) is 35.2 Å². The first-order chi connectivity index (χ1) is 13.6. The number of halogens is 1. The first-order valence-corrected chi connectivity index (χ1v) is 9.81. The molecule has 1 fully saturated rings. The summed E-state index contributed by atoms with van der Waals surface area (Å²) in [7, 11) is 0. The number of hydrogen-bond donors (Lipinski definition) is 3. The number of hydrogen-bond acceptors (Lipinski definition) is 6. The van der Waals surface area contributed by atoms with Gasteiger partial charge in [0, 0.05) is 42.3 Å². The van der Waals surface area contributed by atoms with Crippen molar-refractivity contribution in [3.63, 3.8) is 0 Å². The third kappa shape index (κ3) is 5.43. The molecule has 1 aliphatic heterocycles. The highest BCUT2D eigenvalue weighted by Gasteiger charge is 2.34. The molecule has 1 atom stereocenters. The lowest BCUT2D eigenvalue weighted by molar-refractivity contribution is 0.127. The van der Waals surface area contributed by atoms with E-state index in [9.17, 15) is 5.11 Å². The number of nitrogens with zero attached hydrogens (tertiary/aromatic N) is 3. The molecule has 1 aromatic heterocycles. The third-order valence-corrected chi connectivity index (χ3v) is 5.00. The fraction of sp³-hybridized carbons (Fsp3) is 0.526. The van der Waals surface area contributed by atoms with Gasteiger partial charge < -0.3 is 25.0 Å². The molecule has 0 spiro atoms. The second-order valence-electron chi connectivity index (χ2n) is 6.84. The van der Waals surface area contributed by atoms with Gasteiger partial charge in [-0.25, -0.2) is 4.99 Å². The Balaban J connectivity index is 1.62. The van der Waals surface area contributed by atoms with Gasteiger partial charge in [-0.2, -0.15) is 4.98 Å². The number of ether oxygens (including phenoxy) is 1. The summed E-state index contributed by atoms with van der Waals surface area (Å²) in [6.45, 7) is 5.20. The van der Waals surface area contributed by atoms with Gasteiger partial charge in [0.2, 0.25) is 11.7 Å². The Bertz CT molecular complexity index is 772. The van der Waals surface area contributed by atoms with Crippen LogP contribution >= 0.6 is 11.6 Å². The zero-order chi connectivity index (χ0) is 19.8. The summed E-state index contributed by atoms with van der Waals surface area (Å²) in [5.74, 6) is 1.60. The van der Waals surface area contributed by atoms with Crippen LogP contribution in [0.15, 0.2) is 33.8 Å². The minimum absolute atomic E-state index is 0.0584. The summed E-state index contributed by atoms with van der Waals surface area (Å²) in [5.41, 5.74) is 0.776. The van der Waals surface area contributed by atoms with E-state index in [-0.39, 0.29) is 18.6 Å². The van der Waals surface area contributed by atoms with Gasteiger partial charge in [0.1, 0.15) is 6.54 Å². The van der Waals surface area contributed by atoms with Crippen molar-refractivity contribution in [3.8, 4) is 11.4 Å². The zero-order valence-corrected chi connectivity index (χ0v) is 16.7. The van der Waals surface area contributed by atoms with Gasteiger partial charge >= 0.3 is 0 Å².